The number of hydrogen-bond acceptors (Lipinski definition) is 19. The standard InChI is InChI=1S/C49H59F2N11O12P2/c1-25(2)71-47(65)29(6)59-76(68,70-21-36-27(4)41(34(36)19-63)61-18-38(50)39-43(52)54-23-55-45(39)61)74-33-15-13-31(14-16-33)17-26(3)72-48(66)30(7)60-75(67,73-32-11-9-8-10-12-32)69-22-37-28(5)42(35(37)20-64)62-24-56-40-44(53)57-49(51)58-46(40)62/h8-16,18,23-26,29-30,34-37,41-42,63-64H,4-5,17,19-22H2,1-3,6-7H3,(H,59,68)(H,60,67)(H2,52,54,55)(H2,53,57,58)/t26?,29?,30?,34-,35-,36+,37+,41-,42-,75?,76?/m1/s1. The fourth-order valence-corrected chi connectivity index (χ4v) is 12.4. The van der Waals surface area contributed by atoms with E-state index in [1.165, 1.54) is 54.0 Å². The van der Waals surface area contributed by atoms with Gasteiger partial charge in [0.2, 0.25) is 0 Å². The molecule has 5 unspecified atom stereocenters. The number of rotatable bonds is 24. The first-order valence-electron chi connectivity index (χ1n) is 24.1. The van der Waals surface area contributed by atoms with Crippen LogP contribution in [0.25, 0.3) is 22.2 Å². The maximum atomic E-state index is 15.0. The Hall–Kier alpha value is -6.69. The Morgan fingerprint density at radius 2 is 1.29 bits per heavy atom. The quantitative estimate of drug-likeness (QED) is 0.0171. The van der Waals surface area contributed by atoms with Crippen LogP contribution in [0, 0.1) is 35.6 Å². The summed E-state index contributed by atoms with van der Waals surface area (Å²) in [4.78, 5) is 46.0. The van der Waals surface area contributed by atoms with E-state index in [0.717, 1.165) is 0 Å². The Morgan fingerprint density at radius 3 is 1.86 bits per heavy atom. The highest BCUT2D eigenvalue weighted by Crippen LogP contribution is 2.54. The Balaban J connectivity index is 0.892. The molecule has 2 aliphatic rings. The van der Waals surface area contributed by atoms with Crippen LogP contribution >= 0.6 is 15.5 Å². The molecular formula is C49H59F2N11O12P2. The van der Waals surface area contributed by atoms with Crippen molar-refractivity contribution >= 4 is 61.3 Å². The molecule has 6 aromatic rings. The molecular weight excluding hydrogens is 1030 g/mol. The van der Waals surface area contributed by atoms with Crippen molar-refractivity contribution < 1.29 is 65.3 Å². The van der Waals surface area contributed by atoms with Gasteiger partial charge < -0.3 is 49.3 Å². The molecule has 0 saturated heterocycles. The van der Waals surface area contributed by atoms with E-state index >= 15 is 0 Å². The number of nitrogens with one attached hydrogen (secondary N) is 2. The molecule has 4 heterocycles. The lowest BCUT2D eigenvalue weighted by molar-refractivity contribution is -0.150. The summed E-state index contributed by atoms with van der Waals surface area (Å²) in [6.45, 7) is 14.9. The van der Waals surface area contributed by atoms with Gasteiger partial charge in [0, 0.05) is 49.5 Å². The number of imidazole rings is 1. The molecule has 8 rings (SSSR count). The Morgan fingerprint density at radius 1 is 0.737 bits per heavy atom. The van der Waals surface area contributed by atoms with Crippen LogP contribution in [0.5, 0.6) is 11.5 Å². The third kappa shape index (κ3) is 11.8. The fourth-order valence-electron chi connectivity index (χ4n) is 9.39. The van der Waals surface area contributed by atoms with Crippen LogP contribution in [0.4, 0.5) is 20.4 Å². The fraction of sp³-hybridized carbons (Fsp3) is 0.408. The van der Waals surface area contributed by atoms with Gasteiger partial charge >= 0.3 is 33.5 Å². The number of para-hydroxylation sites is 1. The summed E-state index contributed by atoms with van der Waals surface area (Å²) in [5.41, 5.74) is 14.0. The number of ether oxygens (including phenoxy) is 2. The maximum Gasteiger partial charge on any atom is 0.459 e. The van der Waals surface area contributed by atoms with Crippen LogP contribution in [0.15, 0.2) is 97.8 Å². The topological polar surface area (TPSA) is 315 Å². The molecule has 2 fully saturated rings. The van der Waals surface area contributed by atoms with Gasteiger partial charge in [0.25, 0.3) is 0 Å². The zero-order valence-corrected chi connectivity index (χ0v) is 43.9. The predicted octanol–water partition coefficient (Wildman–Crippen LogP) is 6.17. The minimum atomic E-state index is -4.41. The number of carbonyl (C=O) groups excluding carboxylic acids is 2. The van der Waals surface area contributed by atoms with Crippen molar-refractivity contribution in [1.82, 2.24) is 44.2 Å². The first-order chi connectivity index (χ1) is 36.1. The van der Waals surface area contributed by atoms with Gasteiger partial charge in [-0.1, -0.05) is 43.5 Å². The molecule has 2 aromatic carbocycles. The number of nitrogens with two attached hydrogens (primary N) is 2. The molecule has 2 aliphatic carbocycles. The van der Waals surface area contributed by atoms with Crippen LogP contribution in [0.1, 0.15) is 52.3 Å². The average Bonchev–Trinajstić information content (AvgIpc) is 3.97. The van der Waals surface area contributed by atoms with Gasteiger partial charge in [0.15, 0.2) is 17.3 Å². The van der Waals surface area contributed by atoms with Crippen LogP contribution < -0.4 is 30.7 Å². The average molecular weight is 1090 g/mol. The molecule has 0 aliphatic heterocycles. The molecule has 0 spiro atoms. The van der Waals surface area contributed by atoms with Crippen molar-refractivity contribution in [2.75, 3.05) is 37.9 Å². The van der Waals surface area contributed by atoms with Gasteiger partial charge in [-0.05, 0) is 75.6 Å². The summed E-state index contributed by atoms with van der Waals surface area (Å²) in [5.74, 6) is -4.41. The highest BCUT2D eigenvalue weighted by atomic mass is 31.2. The molecule has 0 amide bonds. The van der Waals surface area contributed by atoms with E-state index < -0.39 is 99.4 Å². The molecule has 23 nitrogen and oxygen atoms in total. The number of aliphatic hydroxyl groups is 2. The number of benzene rings is 2. The van der Waals surface area contributed by atoms with E-state index in [1.54, 1.807) is 63.2 Å². The Bertz CT molecular complexity index is 3220. The first kappa shape index (κ1) is 55.5. The lowest BCUT2D eigenvalue weighted by Crippen LogP contribution is -2.45. The zero-order valence-electron chi connectivity index (χ0n) is 42.1. The minimum absolute atomic E-state index is 0.0269. The summed E-state index contributed by atoms with van der Waals surface area (Å²) in [6, 6.07) is 10.9. The van der Waals surface area contributed by atoms with Gasteiger partial charge in [0.1, 0.15) is 53.0 Å². The summed E-state index contributed by atoms with van der Waals surface area (Å²) in [5, 5.41) is 26.3. The van der Waals surface area contributed by atoms with E-state index in [9.17, 15) is 37.7 Å². The van der Waals surface area contributed by atoms with Crippen molar-refractivity contribution in [2.45, 2.75) is 77.4 Å². The number of esters is 2. The van der Waals surface area contributed by atoms with E-state index in [2.05, 4.69) is 48.3 Å². The van der Waals surface area contributed by atoms with Gasteiger partial charge in [-0.15, -0.1) is 0 Å². The molecule has 0 bridgehead atoms. The molecule has 27 heteroatoms. The highest BCUT2D eigenvalue weighted by molar-refractivity contribution is 7.52. The van der Waals surface area contributed by atoms with Crippen LogP contribution in [0.2, 0.25) is 0 Å². The first-order valence-corrected chi connectivity index (χ1v) is 27.2. The smallest absolute Gasteiger partial charge is 0.459 e. The van der Waals surface area contributed by atoms with Crippen molar-refractivity contribution in [2.24, 2.45) is 23.7 Å². The van der Waals surface area contributed by atoms with Gasteiger partial charge in [-0.2, -0.15) is 24.5 Å². The Kier molecular flexibility index (Phi) is 16.7. The summed E-state index contributed by atoms with van der Waals surface area (Å²) < 4.78 is 95.9. The van der Waals surface area contributed by atoms with Gasteiger partial charge in [-0.3, -0.25) is 18.6 Å². The van der Waals surface area contributed by atoms with Crippen molar-refractivity contribution in [3.05, 3.63) is 115 Å². The van der Waals surface area contributed by atoms with Crippen LogP contribution in [-0.4, -0.2) is 107 Å². The summed E-state index contributed by atoms with van der Waals surface area (Å²) in [7, 11) is -8.78. The zero-order chi connectivity index (χ0) is 54.8. The number of anilines is 2. The van der Waals surface area contributed by atoms with Gasteiger partial charge in [0.05, 0.1) is 43.1 Å². The summed E-state index contributed by atoms with van der Waals surface area (Å²) >= 11 is 0. The number of aromatic nitrogens is 7. The van der Waals surface area contributed by atoms with Crippen LogP contribution in [-0.2, 0) is 43.7 Å². The normalized spacial score (nSPS) is 22.2. The number of nitrogen functional groups attached to an aromatic ring is 2. The lowest BCUT2D eigenvalue weighted by atomic mass is 9.66. The molecule has 8 N–H and O–H groups in total. The minimum Gasteiger partial charge on any atom is -0.462 e. The second-order valence-corrected chi connectivity index (χ2v) is 22.2. The third-order valence-electron chi connectivity index (χ3n) is 13.2. The number of halogens is 2. The van der Waals surface area contributed by atoms with E-state index in [1.807, 2.05) is 0 Å². The molecule has 0 radical (unpaired) electrons. The summed E-state index contributed by atoms with van der Waals surface area (Å²) in [6.07, 6.45) is 1.74. The number of nitrogens with zero attached hydrogens (tertiary/aromatic N) is 7. The number of fused-ring (bicyclic) bond motifs is 2. The van der Waals surface area contributed by atoms with E-state index in [-0.39, 0.29) is 78.2 Å². The van der Waals surface area contributed by atoms with Crippen molar-refractivity contribution in [3.63, 3.8) is 0 Å². The molecule has 2 saturated carbocycles. The molecule has 406 valence electrons. The second-order valence-electron chi connectivity index (χ2n) is 18.9. The number of aliphatic hydroxyl groups excluding tert-OH is 2. The Labute approximate surface area is 435 Å². The lowest BCUT2D eigenvalue weighted by Gasteiger charge is -2.47. The molecule has 4 aromatic heterocycles. The molecule has 11 atom stereocenters. The van der Waals surface area contributed by atoms with E-state index in [4.69, 9.17) is 39.0 Å². The highest BCUT2D eigenvalue weighted by Gasteiger charge is 2.49. The second kappa shape index (κ2) is 22.9. The predicted molar refractivity (Wildman–Crippen MR) is 273 cm³/mol. The number of carbonyl (C=O) groups is 2. The van der Waals surface area contributed by atoms with Crippen molar-refractivity contribution in [1.29, 1.82) is 0 Å². The monoisotopic (exact) mass is 1090 g/mol. The SMILES string of the molecule is C=C1[C@@H](n2cnc3c(N)nc(F)nc32)[C@H](CO)[C@H]1COP(=O)(NC(C)C(=O)OC(C)Cc1ccc(OP(=O)(NC(C)C(=O)OC(C)C)OC[C@H]2C(=C)[C@@H](n3cc(F)c4c(N)ncnc43)[C@@H]2CO)cc1)Oc1ccccc1. The van der Waals surface area contributed by atoms with Crippen molar-refractivity contribution in [3.8, 4) is 11.5 Å². The third-order valence-corrected chi connectivity index (χ3v) is 16.4. The number of hydrogen-bond donors (Lipinski definition) is 6. The van der Waals surface area contributed by atoms with Crippen LogP contribution in [0.3, 0.4) is 0 Å². The van der Waals surface area contributed by atoms with Gasteiger partial charge in [-0.25, -0.2) is 28.5 Å². The largest absolute Gasteiger partial charge is 0.462 e. The molecule has 76 heavy (non-hydrogen) atoms. The van der Waals surface area contributed by atoms with E-state index in [0.29, 0.717) is 16.7 Å². The maximum absolute atomic E-state index is 15.0.